The number of piperidine rings is 1. The summed E-state index contributed by atoms with van der Waals surface area (Å²) in [4.78, 5) is 20.0. The number of rotatable bonds is 4. The number of hydrogen-bond acceptors (Lipinski definition) is 5. The SMILES string of the molecule is CC.CCc1cc2c(s1)CCOC21CCN(CC2CN(C(=O)c3cnn(C)c3)C2)CC1. The summed E-state index contributed by atoms with van der Waals surface area (Å²) in [5, 5.41) is 4.11. The lowest BCUT2D eigenvalue weighted by Crippen LogP contribution is -2.55. The van der Waals surface area contributed by atoms with Gasteiger partial charge in [-0.2, -0.15) is 5.10 Å². The van der Waals surface area contributed by atoms with Gasteiger partial charge in [-0.05, 0) is 30.9 Å². The highest BCUT2D eigenvalue weighted by Crippen LogP contribution is 2.44. The Bertz CT molecular complexity index is 891. The second-order valence-electron chi connectivity index (χ2n) is 8.78. The van der Waals surface area contributed by atoms with Crippen LogP contribution in [0.5, 0.6) is 0 Å². The number of thiophene rings is 1. The number of aromatic nitrogens is 2. The van der Waals surface area contributed by atoms with E-state index in [1.807, 2.05) is 37.1 Å². The Hall–Kier alpha value is -1.70. The van der Waals surface area contributed by atoms with Gasteiger partial charge in [-0.25, -0.2) is 0 Å². The lowest BCUT2D eigenvalue weighted by atomic mass is 9.82. The minimum Gasteiger partial charge on any atom is -0.370 e. The first-order chi connectivity index (χ1) is 15.1. The molecule has 3 aliphatic heterocycles. The minimum atomic E-state index is -0.0457. The van der Waals surface area contributed by atoms with Gasteiger partial charge in [-0.3, -0.25) is 9.48 Å². The first-order valence-corrected chi connectivity index (χ1v) is 12.6. The molecule has 0 radical (unpaired) electrons. The maximum Gasteiger partial charge on any atom is 0.257 e. The molecule has 0 saturated carbocycles. The van der Waals surface area contributed by atoms with Gasteiger partial charge in [0.25, 0.3) is 5.91 Å². The number of carbonyl (C=O) groups excluding carboxylic acids is 1. The van der Waals surface area contributed by atoms with E-state index in [0.29, 0.717) is 11.5 Å². The highest BCUT2D eigenvalue weighted by Gasteiger charge is 2.42. The van der Waals surface area contributed by atoms with E-state index in [1.165, 1.54) is 10.4 Å². The number of hydrogen-bond donors (Lipinski definition) is 0. The summed E-state index contributed by atoms with van der Waals surface area (Å²) in [6.45, 7) is 12.1. The Balaban J connectivity index is 0.00000112. The van der Waals surface area contributed by atoms with Crippen LogP contribution in [0.4, 0.5) is 0 Å². The second kappa shape index (κ2) is 9.43. The molecule has 0 atom stereocenters. The molecule has 2 saturated heterocycles. The van der Waals surface area contributed by atoms with Crippen molar-refractivity contribution in [1.29, 1.82) is 0 Å². The van der Waals surface area contributed by atoms with Crippen molar-refractivity contribution in [2.45, 2.75) is 52.1 Å². The van der Waals surface area contributed by atoms with Crippen molar-refractivity contribution in [3.63, 3.8) is 0 Å². The van der Waals surface area contributed by atoms with Crippen LogP contribution in [-0.2, 0) is 30.2 Å². The number of fused-ring (bicyclic) bond motifs is 2. The van der Waals surface area contributed by atoms with Crippen LogP contribution in [0, 0.1) is 5.92 Å². The van der Waals surface area contributed by atoms with Gasteiger partial charge in [0.2, 0.25) is 0 Å². The molecule has 2 aromatic heterocycles. The zero-order chi connectivity index (χ0) is 22.0. The molecule has 5 heterocycles. The summed E-state index contributed by atoms with van der Waals surface area (Å²) in [5.41, 5.74) is 2.14. The molecule has 3 aliphatic rings. The van der Waals surface area contributed by atoms with Gasteiger partial charge < -0.3 is 14.5 Å². The summed E-state index contributed by atoms with van der Waals surface area (Å²) in [7, 11) is 1.84. The number of likely N-dealkylation sites (tertiary alicyclic amines) is 2. The molecule has 1 amide bonds. The Morgan fingerprint density at radius 3 is 2.68 bits per heavy atom. The van der Waals surface area contributed by atoms with Crippen molar-refractivity contribution >= 4 is 17.2 Å². The molecule has 6 nitrogen and oxygen atoms in total. The maximum absolute atomic E-state index is 12.5. The molecule has 2 fully saturated rings. The Morgan fingerprint density at radius 2 is 2.03 bits per heavy atom. The topological polar surface area (TPSA) is 50.6 Å². The first kappa shape index (κ1) is 22.5. The van der Waals surface area contributed by atoms with Crippen LogP contribution in [0.1, 0.15) is 59.3 Å². The van der Waals surface area contributed by atoms with Crippen molar-refractivity contribution in [1.82, 2.24) is 19.6 Å². The van der Waals surface area contributed by atoms with Crippen LogP contribution < -0.4 is 0 Å². The smallest absolute Gasteiger partial charge is 0.257 e. The first-order valence-electron chi connectivity index (χ1n) is 11.8. The van der Waals surface area contributed by atoms with Gasteiger partial charge in [0.15, 0.2) is 0 Å². The average Bonchev–Trinajstić information content (AvgIpc) is 3.40. The fourth-order valence-corrected chi connectivity index (χ4v) is 6.27. The van der Waals surface area contributed by atoms with E-state index in [1.54, 1.807) is 22.0 Å². The van der Waals surface area contributed by atoms with Crippen molar-refractivity contribution in [3.05, 3.63) is 39.3 Å². The fraction of sp³-hybridized carbons (Fsp3) is 0.667. The Labute approximate surface area is 190 Å². The fourth-order valence-electron chi connectivity index (χ4n) is 5.09. The third-order valence-electron chi connectivity index (χ3n) is 6.78. The normalized spacial score (nSPS) is 20.7. The van der Waals surface area contributed by atoms with E-state index < -0.39 is 0 Å². The monoisotopic (exact) mass is 444 g/mol. The van der Waals surface area contributed by atoms with E-state index in [-0.39, 0.29) is 11.5 Å². The molecule has 1 spiro atoms. The van der Waals surface area contributed by atoms with Gasteiger partial charge in [0, 0.05) is 68.1 Å². The van der Waals surface area contributed by atoms with Crippen LogP contribution in [0.3, 0.4) is 0 Å². The molecule has 0 aliphatic carbocycles. The van der Waals surface area contributed by atoms with Crippen LogP contribution in [-0.4, -0.2) is 64.8 Å². The van der Waals surface area contributed by atoms with Gasteiger partial charge in [-0.1, -0.05) is 20.8 Å². The summed E-state index contributed by atoms with van der Waals surface area (Å²) in [6, 6.07) is 2.42. The van der Waals surface area contributed by atoms with Crippen molar-refractivity contribution in [2.24, 2.45) is 13.0 Å². The van der Waals surface area contributed by atoms with Crippen molar-refractivity contribution < 1.29 is 9.53 Å². The number of carbonyl (C=O) groups is 1. The van der Waals surface area contributed by atoms with Crippen LogP contribution >= 0.6 is 11.3 Å². The van der Waals surface area contributed by atoms with E-state index in [9.17, 15) is 4.79 Å². The lowest BCUT2D eigenvalue weighted by molar-refractivity contribution is -0.1000. The van der Waals surface area contributed by atoms with Gasteiger partial charge in [0.1, 0.15) is 0 Å². The van der Waals surface area contributed by atoms with Crippen LogP contribution in [0.25, 0.3) is 0 Å². The van der Waals surface area contributed by atoms with E-state index in [2.05, 4.69) is 23.0 Å². The molecule has 5 rings (SSSR count). The number of aryl methyl sites for hydroxylation is 2. The lowest BCUT2D eigenvalue weighted by Gasteiger charge is -2.47. The van der Waals surface area contributed by atoms with E-state index in [4.69, 9.17) is 4.74 Å². The van der Waals surface area contributed by atoms with Gasteiger partial charge in [0.05, 0.1) is 24.0 Å². The Morgan fingerprint density at radius 1 is 1.29 bits per heavy atom. The third kappa shape index (κ3) is 4.45. The number of amides is 1. The molecular weight excluding hydrogens is 408 g/mol. The summed E-state index contributed by atoms with van der Waals surface area (Å²) in [5.74, 6) is 0.694. The van der Waals surface area contributed by atoms with Gasteiger partial charge in [-0.15, -0.1) is 11.3 Å². The zero-order valence-electron chi connectivity index (χ0n) is 19.4. The molecule has 0 bridgehead atoms. The molecule has 170 valence electrons. The molecule has 0 N–H and O–H groups in total. The highest BCUT2D eigenvalue weighted by atomic mass is 32.1. The largest absolute Gasteiger partial charge is 0.370 e. The quantitative estimate of drug-likeness (QED) is 0.721. The van der Waals surface area contributed by atoms with Crippen LogP contribution in [0.2, 0.25) is 0 Å². The van der Waals surface area contributed by atoms with Crippen LogP contribution in [0.15, 0.2) is 18.5 Å². The van der Waals surface area contributed by atoms with E-state index in [0.717, 1.165) is 65.0 Å². The predicted molar refractivity (Wildman–Crippen MR) is 125 cm³/mol. The standard InChI is InChI=1S/C22H30N4O2S.C2H6/c1-3-18-10-19-20(29-18)4-9-28-22(19)5-7-25(8-6-22)12-16-13-26(14-16)21(27)17-11-23-24(2)15-17;1-2/h10-11,15-16H,3-9,12-14H2,1-2H3;1-2H3. The zero-order valence-corrected chi connectivity index (χ0v) is 20.2. The average molecular weight is 445 g/mol. The summed E-state index contributed by atoms with van der Waals surface area (Å²) < 4.78 is 8.09. The molecule has 31 heavy (non-hydrogen) atoms. The maximum atomic E-state index is 12.5. The highest BCUT2D eigenvalue weighted by molar-refractivity contribution is 7.12. The predicted octanol–water partition coefficient (Wildman–Crippen LogP) is 3.71. The van der Waals surface area contributed by atoms with Gasteiger partial charge >= 0.3 is 0 Å². The van der Waals surface area contributed by atoms with Crippen molar-refractivity contribution in [2.75, 3.05) is 39.3 Å². The molecular formula is C24H36N4O2S. The third-order valence-corrected chi connectivity index (χ3v) is 8.12. The van der Waals surface area contributed by atoms with E-state index >= 15 is 0 Å². The molecule has 0 unspecified atom stereocenters. The number of ether oxygens (including phenoxy) is 1. The Kier molecular flexibility index (Phi) is 6.84. The molecule has 0 aromatic carbocycles. The number of nitrogens with zero attached hydrogens (tertiary/aromatic N) is 4. The summed E-state index contributed by atoms with van der Waals surface area (Å²) >= 11 is 1.99. The molecule has 7 heteroatoms. The van der Waals surface area contributed by atoms with Crippen molar-refractivity contribution in [3.8, 4) is 0 Å². The summed E-state index contributed by atoms with van der Waals surface area (Å²) in [6.07, 6.45) is 7.83. The molecule has 2 aromatic rings. The minimum absolute atomic E-state index is 0.0457. The second-order valence-corrected chi connectivity index (χ2v) is 10.00.